The summed E-state index contributed by atoms with van der Waals surface area (Å²) in [6.45, 7) is 5.70. The van der Waals surface area contributed by atoms with Crippen LogP contribution in [-0.2, 0) is 68.7 Å². The molecule has 2 aromatic rings. The van der Waals surface area contributed by atoms with Crippen LogP contribution < -0.4 is 70.4 Å². The minimum atomic E-state index is -1.81. The molecule has 0 fully saturated rings. The second kappa shape index (κ2) is 34.6. The summed E-state index contributed by atoms with van der Waals surface area (Å²) in [5.74, 6) is -14.5. The van der Waals surface area contributed by atoms with Crippen molar-refractivity contribution >= 4 is 113 Å². The van der Waals surface area contributed by atoms with Crippen molar-refractivity contribution in [3.8, 4) is 0 Å². The lowest BCUT2D eigenvalue weighted by Gasteiger charge is -2.28. The number of aromatic amines is 1. The van der Waals surface area contributed by atoms with E-state index in [1.165, 1.54) is 27.7 Å². The molecule has 0 unspecified atom stereocenters. The molecule has 1 aromatic heterocycles. The molecule has 30 nitrogen and oxygen atoms in total. The number of H-pyrrole nitrogens is 1. The highest BCUT2D eigenvalue weighted by Gasteiger charge is 2.37. The fourth-order valence-electron chi connectivity index (χ4n) is 7.78. The van der Waals surface area contributed by atoms with E-state index in [1.54, 1.807) is 30.5 Å². The number of nitrogens with two attached hydrogens (primary N) is 3. The van der Waals surface area contributed by atoms with Gasteiger partial charge in [0, 0.05) is 48.4 Å². The molecular weight excluding hydrogens is 1100 g/mol. The molecule has 0 aliphatic heterocycles. The SMILES string of the molecule is CC(=O)N[C@@H](CS)C(=O)N[C@H](C(=O)N[C@H](C(=O)N[C@@H](CCC(=O)O)C(=O)NCC(=O)N[C@@H](CC(N)=O)C(=O)N[C@@H](CCCCN)C(=O)N[C@@H](Cc1c[nH]c2ccccc12)C(=O)N[C@H](C(=O)N[C@@H](CS)C(N)=O)[C@@H](C)O)C(C)C)[C@@H](C)O. The number of hydrogen-bond acceptors (Lipinski definition) is 18. The summed E-state index contributed by atoms with van der Waals surface area (Å²) >= 11 is 8.03. The number of primary amides is 2. The van der Waals surface area contributed by atoms with Crippen LogP contribution in [0.2, 0.25) is 0 Å². The molecule has 450 valence electrons. The quantitative estimate of drug-likeness (QED) is 0.0223. The van der Waals surface area contributed by atoms with Gasteiger partial charge in [0.2, 0.25) is 70.9 Å². The minimum absolute atomic E-state index is 0.125. The highest BCUT2D eigenvalue weighted by molar-refractivity contribution is 7.80. The second-order valence-electron chi connectivity index (χ2n) is 19.2. The normalized spacial score (nSPS) is 15.2. The number of aliphatic hydroxyl groups is 2. The Labute approximate surface area is 477 Å². The third-order valence-corrected chi connectivity index (χ3v) is 12.9. The Hall–Kier alpha value is -7.55. The summed E-state index contributed by atoms with van der Waals surface area (Å²) in [4.78, 5) is 173. The van der Waals surface area contributed by atoms with Gasteiger partial charge in [0.05, 0.1) is 25.2 Å². The predicted molar refractivity (Wildman–Crippen MR) is 297 cm³/mol. The number of aromatic nitrogens is 1. The number of para-hydroxylation sites is 1. The first-order valence-electron chi connectivity index (χ1n) is 25.6. The Morgan fingerprint density at radius 1 is 0.580 bits per heavy atom. The molecule has 1 heterocycles. The zero-order chi connectivity index (χ0) is 61.3. The third-order valence-electron chi connectivity index (χ3n) is 12.2. The summed E-state index contributed by atoms with van der Waals surface area (Å²) in [5.41, 5.74) is 17.7. The summed E-state index contributed by atoms with van der Waals surface area (Å²) in [6, 6.07) is -6.86. The molecule has 0 aliphatic rings. The van der Waals surface area contributed by atoms with Crippen molar-refractivity contribution in [2.45, 2.75) is 146 Å². The van der Waals surface area contributed by atoms with Crippen molar-refractivity contribution in [3.63, 3.8) is 0 Å². The minimum Gasteiger partial charge on any atom is -0.481 e. The lowest BCUT2D eigenvalue weighted by atomic mass is 10.0. The van der Waals surface area contributed by atoms with Gasteiger partial charge < -0.3 is 90.7 Å². The fraction of sp³-hybridized carbons (Fsp3) is 0.571. The molecular formula is C49H76N14O16S2. The van der Waals surface area contributed by atoms with E-state index in [2.05, 4.69) is 83.4 Å². The van der Waals surface area contributed by atoms with Gasteiger partial charge in [0.15, 0.2) is 0 Å². The fourth-order valence-corrected chi connectivity index (χ4v) is 8.31. The Bertz CT molecular complexity index is 2570. The smallest absolute Gasteiger partial charge is 0.303 e. The summed E-state index contributed by atoms with van der Waals surface area (Å²) in [7, 11) is 0. The highest BCUT2D eigenvalue weighted by Crippen LogP contribution is 2.20. The highest BCUT2D eigenvalue weighted by atomic mass is 32.1. The maximum Gasteiger partial charge on any atom is 0.303 e. The van der Waals surface area contributed by atoms with E-state index in [-0.39, 0.29) is 37.3 Å². The molecule has 0 spiro atoms. The van der Waals surface area contributed by atoms with Crippen LogP contribution in [0.25, 0.3) is 10.9 Å². The van der Waals surface area contributed by atoms with Crippen LogP contribution in [0, 0.1) is 5.92 Å². The molecule has 2 rings (SSSR count). The molecule has 0 aliphatic carbocycles. The van der Waals surface area contributed by atoms with E-state index in [0.717, 1.165) is 6.92 Å². The molecule has 0 radical (unpaired) electrons. The van der Waals surface area contributed by atoms with Crippen molar-refractivity contribution < 1.29 is 77.6 Å². The number of fused-ring (bicyclic) bond motifs is 1. The van der Waals surface area contributed by atoms with Gasteiger partial charge in [-0.05, 0) is 63.6 Å². The van der Waals surface area contributed by atoms with Gasteiger partial charge in [-0.25, -0.2) is 0 Å². The number of carboxylic acids is 1. The maximum absolute atomic E-state index is 14.3. The lowest BCUT2D eigenvalue weighted by molar-refractivity contribution is -0.139. The Balaban J connectivity index is 2.37. The van der Waals surface area contributed by atoms with Crippen LogP contribution in [0.4, 0.5) is 0 Å². The number of rotatable bonds is 36. The van der Waals surface area contributed by atoms with Crippen LogP contribution >= 0.6 is 25.3 Å². The molecule has 81 heavy (non-hydrogen) atoms. The van der Waals surface area contributed by atoms with Crippen LogP contribution in [0.3, 0.4) is 0 Å². The first kappa shape index (κ1) is 69.6. The average molecular weight is 1180 g/mol. The van der Waals surface area contributed by atoms with Gasteiger partial charge in [-0.2, -0.15) is 25.3 Å². The monoisotopic (exact) mass is 1180 g/mol. The summed E-state index contributed by atoms with van der Waals surface area (Å²) in [6.07, 6.45) is -3.41. The molecule has 12 amide bonds. The predicted octanol–water partition coefficient (Wildman–Crippen LogP) is -6.16. The van der Waals surface area contributed by atoms with Gasteiger partial charge in [-0.1, -0.05) is 32.0 Å². The van der Waals surface area contributed by atoms with E-state index in [1.807, 2.05) is 0 Å². The number of carbonyl (C=O) groups is 13. The average Bonchev–Trinajstić information content (AvgIpc) is 3.84. The van der Waals surface area contributed by atoms with Crippen LogP contribution in [0.1, 0.15) is 78.7 Å². The van der Waals surface area contributed by atoms with Crippen LogP contribution in [0.15, 0.2) is 30.5 Å². The zero-order valence-electron chi connectivity index (χ0n) is 45.4. The molecule has 0 saturated heterocycles. The third kappa shape index (κ3) is 23.6. The van der Waals surface area contributed by atoms with E-state index in [9.17, 15) is 77.6 Å². The first-order valence-corrected chi connectivity index (χ1v) is 26.9. The van der Waals surface area contributed by atoms with Crippen molar-refractivity contribution in [1.29, 1.82) is 0 Å². The van der Waals surface area contributed by atoms with Gasteiger partial charge in [-0.3, -0.25) is 62.3 Å². The number of carbonyl (C=O) groups excluding carboxylic acids is 12. The number of aliphatic carboxylic acids is 1. The number of nitrogens with one attached hydrogen (secondary N) is 11. The molecule has 0 saturated carbocycles. The Morgan fingerprint density at radius 3 is 1.60 bits per heavy atom. The number of unbranched alkanes of at least 4 members (excludes halogenated alkanes) is 1. The molecule has 32 heteroatoms. The van der Waals surface area contributed by atoms with Crippen LogP contribution in [-0.4, -0.2) is 188 Å². The first-order chi connectivity index (χ1) is 38.0. The lowest BCUT2D eigenvalue weighted by Crippen LogP contribution is -2.62. The van der Waals surface area contributed by atoms with E-state index in [0.29, 0.717) is 22.9 Å². The van der Waals surface area contributed by atoms with Crippen molar-refractivity contribution in [2.75, 3.05) is 24.6 Å². The number of amides is 12. The number of thiol groups is 2. The number of carboxylic acid groups (broad SMARTS) is 1. The van der Waals surface area contributed by atoms with E-state index in [4.69, 9.17) is 17.2 Å². The summed E-state index contributed by atoms with van der Waals surface area (Å²) < 4.78 is 0. The van der Waals surface area contributed by atoms with Crippen LogP contribution in [0.5, 0.6) is 0 Å². The van der Waals surface area contributed by atoms with Gasteiger partial charge >= 0.3 is 5.97 Å². The topological polar surface area (TPSA) is 497 Å². The van der Waals surface area contributed by atoms with Crippen molar-refractivity contribution in [2.24, 2.45) is 23.1 Å². The van der Waals surface area contributed by atoms with Crippen molar-refractivity contribution in [1.82, 2.24) is 58.2 Å². The van der Waals surface area contributed by atoms with Gasteiger partial charge in [0.1, 0.15) is 54.4 Å². The molecule has 0 bridgehead atoms. The number of hydrogen-bond donors (Lipinski definition) is 19. The standard InChI is InChI=1S/C49H76N14O16S2/c1-22(2)38(61-49(79)40(24(4)65)63-46(76)34(21-81)55-25(5)66)47(77)58-30(13-14-37(69)70)42(72)54-19-36(68)56-32(17-35(51)67)44(74)57-29(12-8-9-15-50)43(73)59-31(16-26-18-53-28-11-7-6-10-27(26)28)45(75)62-39(23(3)64)48(78)60-33(20-80)41(52)71/h6-7,10-11,18,22-24,29-34,38-40,53,64-65,80-81H,8-9,12-17,19-21,50H2,1-5H3,(H2,51,67)(H2,52,71)(H,54,72)(H,55,66)(H,56,68)(H,57,74)(H,58,77)(H,59,73)(H,60,78)(H,61,79)(H,62,75)(H,63,76)(H,69,70)/t23-,24-,29+,30+,31+,32+,33+,34+,38+,39+,40+/m1/s1. The Kier molecular flexibility index (Phi) is 29.7. The number of benzene rings is 1. The maximum atomic E-state index is 14.3. The molecule has 1 aromatic carbocycles. The number of aliphatic hydroxyl groups excluding tert-OH is 2. The summed E-state index contributed by atoms with van der Waals surface area (Å²) in [5, 5.41) is 54.6. The van der Waals surface area contributed by atoms with Gasteiger partial charge in [0.25, 0.3) is 0 Å². The van der Waals surface area contributed by atoms with Gasteiger partial charge in [-0.15, -0.1) is 0 Å². The zero-order valence-corrected chi connectivity index (χ0v) is 47.2. The molecule has 11 atom stereocenters. The Morgan fingerprint density at radius 2 is 1.07 bits per heavy atom. The van der Waals surface area contributed by atoms with E-state index >= 15 is 0 Å². The molecule has 20 N–H and O–H groups in total. The van der Waals surface area contributed by atoms with Crippen molar-refractivity contribution in [3.05, 3.63) is 36.0 Å². The van der Waals surface area contributed by atoms with E-state index < -0.39 is 175 Å². The second-order valence-corrected chi connectivity index (χ2v) is 20.0. The largest absolute Gasteiger partial charge is 0.481 e.